The normalized spacial score (nSPS) is 22.9. The third-order valence-electron chi connectivity index (χ3n) is 4.28. The SMILES string of the molecule is O=C(CC1C=CCC1)N1CCN(Cc2ccc(Cl)s2)CC1. The van der Waals surface area contributed by atoms with Gasteiger partial charge >= 0.3 is 0 Å². The molecule has 0 aromatic carbocycles. The summed E-state index contributed by atoms with van der Waals surface area (Å²) in [6, 6.07) is 4.05. The summed E-state index contributed by atoms with van der Waals surface area (Å²) in [4.78, 5) is 18.0. The number of piperazine rings is 1. The average molecular weight is 325 g/mol. The van der Waals surface area contributed by atoms with E-state index in [1.807, 2.05) is 11.0 Å². The highest BCUT2D eigenvalue weighted by Gasteiger charge is 2.23. The Morgan fingerprint density at radius 1 is 1.29 bits per heavy atom. The largest absolute Gasteiger partial charge is 0.340 e. The third-order valence-corrected chi connectivity index (χ3v) is 5.50. The van der Waals surface area contributed by atoms with Crippen molar-refractivity contribution in [3.05, 3.63) is 33.5 Å². The number of carbonyl (C=O) groups is 1. The fourth-order valence-electron chi connectivity index (χ4n) is 3.03. The summed E-state index contributed by atoms with van der Waals surface area (Å²) in [5, 5.41) is 0. The highest BCUT2D eigenvalue weighted by molar-refractivity contribution is 7.16. The lowest BCUT2D eigenvalue weighted by Gasteiger charge is -2.35. The third kappa shape index (κ3) is 4.09. The van der Waals surface area contributed by atoms with Crippen molar-refractivity contribution >= 4 is 28.8 Å². The first-order valence-electron chi connectivity index (χ1n) is 7.62. The van der Waals surface area contributed by atoms with E-state index in [-0.39, 0.29) is 0 Å². The van der Waals surface area contributed by atoms with Crippen molar-refractivity contribution in [2.45, 2.75) is 25.8 Å². The smallest absolute Gasteiger partial charge is 0.223 e. The first-order chi connectivity index (χ1) is 10.2. The zero-order valence-electron chi connectivity index (χ0n) is 12.1. The summed E-state index contributed by atoms with van der Waals surface area (Å²) in [5.41, 5.74) is 0. The minimum atomic E-state index is 0.324. The van der Waals surface area contributed by atoms with Gasteiger partial charge in [0, 0.05) is 44.0 Å². The van der Waals surface area contributed by atoms with Crippen LogP contribution in [0.15, 0.2) is 24.3 Å². The van der Waals surface area contributed by atoms with E-state index in [9.17, 15) is 4.79 Å². The van der Waals surface area contributed by atoms with Gasteiger partial charge in [0.1, 0.15) is 0 Å². The predicted molar refractivity (Wildman–Crippen MR) is 87.7 cm³/mol. The molecule has 3 nitrogen and oxygen atoms in total. The molecule has 1 saturated heterocycles. The Kier molecular flexibility index (Phi) is 4.99. The topological polar surface area (TPSA) is 23.6 Å². The van der Waals surface area contributed by atoms with Gasteiger partial charge in [-0.15, -0.1) is 11.3 Å². The Morgan fingerprint density at radius 3 is 2.71 bits per heavy atom. The summed E-state index contributed by atoms with van der Waals surface area (Å²) in [5.74, 6) is 0.800. The molecule has 1 unspecified atom stereocenters. The van der Waals surface area contributed by atoms with Gasteiger partial charge in [0.05, 0.1) is 4.34 Å². The Morgan fingerprint density at radius 2 is 2.10 bits per heavy atom. The van der Waals surface area contributed by atoms with Gasteiger partial charge in [-0.3, -0.25) is 9.69 Å². The summed E-state index contributed by atoms with van der Waals surface area (Å²) >= 11 is 7.61. The highest BCUT2D eigenvalue weighted by Crippen LogP contribution is 2.24. The molecule has 1 aliphatic carbocycles. The van der Waals surface area contributed by atoms with Gasteiger partial charge in [0.15, 0.2) is 0 Å². The van der Waals surface area contributed by atoms with Gasteiger partial charge in [-0.2, -0.15) is 0 Å². The molecule has 0 bridgehead atoms. The minimum Gasteiger partial charge on any atom is -0.340 e. The van der Waals surface area contributed by atoms with Gasteiger partial charge < -0.3 is 4.90 Å². The molecule has 0 N–H and O–H groups in total. The Hall–Kier alpha value is -0.840. The molecule has 1 aromatic heterocycles. The summed E-state index contributed by atoms with van der Waals surface area (Å²) in [6.07, 6.45) is 7.37. The minimum absolute atomic E-state index is 0.324. The molecular formula is C16H21ClN2OS. The molecule has 2 aliphatic rings. The maximum absolute atomic E-state index is 12.3. The Labute approximate surface area is 135 Å². The molecule has 5 heteroatoms. The molecule has 0 radical (unpaired) electrons. The van der Waals surface area contributed by atoms with Crippen LogP contribution in [0.5, 0.6) is 0 Å². The number of amides is 1. The number of halogens is 1. The summed E-state index contributed by atoms with van der Waals surface area (Å²) in [7, 11) is 0. The van der Waals surface area contributed by atoms with Crippen LogP contribution in [0, 0.1) is 5.92 Å². The lowest BCUT2D eigenvalue weighted by molar-refractivity contribution is -0.133. The molecule has 0 spiro atoms. The number of nitrogens with zero attached hydrogens (tertiary/aromatic N) is 2. The van der Waals surface area contributed by atoms with Crippen molar-refractivity contribution in [1.29, 1.82) is 0 Å². The van der Waals surface area contributed by atoms with E-state index in [0.717, 1.165) is 49.9 Å². The van der Waals surface area contributed by atoms with E-state index in [0.29, 0.717) is 18.2 Å². The van der Waals surface area contributed by atoms with Crippen LogP contribution in [0.3, 0.4) is 0 Å². The molecule has 1 fully saturated rings. The van der Waals surface area contributed by atoms with E-state index < -0.39 is 0 Å². The van der Waals surface area contributed by atoms with Crippen molar-refractivity contribution in [3.63, 3.8) is 0 Å². The quantitative estimate of drug-likeness (QED) is 0.792. The molecule has 1 atom stereocenters. The molecule has 0 saturated carbocycles. The first kappa shape index (κ1) is 15.1. The fourth-order valence-corrected chi connectivity index (χ4v) is 4.16. The Balaban J connectivity index is 1.44. The second kappa shape index (κ2) is 6.95. The van der Waals surface area contributed by atoms with E-state index in [2.05, 4.69) is 23.1 Å². The predicted octanol–water partition coefficient (Wildman–Crippen LogP) is 3.40. The highest BCUT2D eigenvalue weighted by atomic mass is 35.5. The summed E-state index contributed by atoms with van der Waals surface area (Å²) in [6.45, 7) is 4.58. The molecule has 114 valence electrons. The van der Waals surface area contributed by atoms with Gasteiger partial charge in [0.2, 0.25) is 5.91 Å². The van der Waals surface area contributed by atoms with Crippen LogP contribution < -0.4 is 0 Å². The van der Waals surface area contributed by atoms with Crippen LogP contribution >= 0.6 is 22.9 Å². The van der Waals surface area contributed by atoms with E-state index in [4.69, 9.17) is 11.6 Å². The monoisotopic (exact) mass is 324 g/mol. The van der Waals surface area contributed by atoms with Crippen LogP contribution in [-0.4, -0.2) is 41.9 Å². The number of carbonyl (C=O) groups excluding carboxylic acids is 1. The second-order valence-electron chi connectivity index (χ2n) is 5.83. The van der Waals surface area contributed by atoms with Crippen LogP contribution in [-0.2, 0) is 11.3 Å². The molecule has 1 amide bonds. The number of hydrogen-bond acceptors (Lipinski definition) is 3. The number of rotatable bonds is 4. The van der Waals surface area contributed by atoms with Crippen molar-refractivity contribution in [2.24, 2.45) is 5.92 Å². The molecule has 1 aromatic rings. The van der Waals surface area contributed by atoms with Crippen LogP contribution in [0.4, 0.5) is 0 Å². The second-order valence-corrected chi connectivity index (χ2v) is 7.63. The van der Waals surface area contributed by atoms with Crippen molar-refractivity contribution < 1.29 is 4.79 Å². The van der Waals surface area contributed by atoms with Gasteiger partial charge in [0.25, 0.3) is 0 Å². The van der Waals surface area contributed by atoms with Crippen molar-refractivity contribution in [2.75, 3.05) is 26.2 Å². The van der Waals surface area contributed by atoms with Crippen LogP contribution in [0.25, 0.3) is 0 Å². The summed E-state index contributed by atoms with van der Waals surface area (Å²) < 4.78 is 0.850. The van der Waals surface area contributed by atoms with Crippen molar-refractivity contribution in [1.82, 2.24) is 9.80 Å². The van der Waals surface area contributed by atoms with Crippen LogP contribution in [0.2, 0.25) is 4.34 Å². The maximum Gasteiger partial charge on any atom is 0.223 e. The molecule has 2 heterocycles. The zero-order chi connectivity index (χ0) is 14.7. The maximum atomic E-state index is 12.3. The molecule has 21 heavy (non-hydrogen) atoms. The number of allylic oxidation sites excluding steroid dienone is 2. The molecular weight excluding hydrogens is 304 g/mol. The Bertz CT molecular complexity index is 520. The van der Waals surface area contributed by atoms with Gasteiger partial charge in [-0.1, -0.05) is 23.8 Å². The molecule has 3 rings (SSSR count). The lowest BCUT2D eigenvalue weighted by atomic mass is 10.0. The van der Waals surface area contributed by atoms with Crippen molar-refractivity contribution in [3.8, 4) is 0 Å². The standard InChI is InChI=1S/C16H21ClN2OS/c17-15-6-5-14(21-15)12-18-7-9-19(10-8-18)16(20)11-13-3-1-2-4-13/h1,3,5-6,13H,2,4,7-12H2. The zero-order valence-corrected chi connectivity index (χ0v) is 13.7. The number of thiophene rings is 1. The van der Waals surface area contributed by atoms with E-state index in [1.165, 1.54) is 4.88 Å². The van der Waals surface area contributed by atoms with Crippen LogP contribution in [0.1, 0.15) is 24.1 Å². The van der Waals surface area contributed by atoms with Gasteiger partial charge in [-0.05, 0) is 30.9 Å². The number of hydrogen-bond donors (Lipinski definition) is 0. The average Bonchev–Trinajstić information content (AvgIpc) is 3.12. The lowest BCUT2D eigenvalue weighted by Crippen LogP contribution is -2.48. The van der Waals surface area contributed by atoms with Gasteiger partial charge in [-0.25, -0.2) is 0 Å². The molecule has 1 aliphatic heterocycles. The first-order valence-corrected chi connectivity index (χ1v) is 8.81. The fraction of sp³-hybridized carbons (Fsp3) is 0.562. The van der Waals surface area contributed by atoms with E-state index in [1.54, 1.807) is 11.3 Å². The van der Waals surface area contributed by atoms with E-state index >= 15 is 0 Å².